The van der Waals surface area contributed by atoms with E-state index in [9.17, 15) is 4.39 Å². The number of rotatable bonds is 5. The molecule has 0 bridgehead atoms. The first-order valence-electron chi connectivity index (χ1n) is 6.47. The molecule has 0 amide bonds. The van der Waals surface area contributed by atoms with Crippen molar-refractivity contribution in [2.24, 2.45) is 0 Å². The second kappa shape index (κ2) is 7.07. The summed E-state index contributed by atoms with van der Waals surface area (Å²) in [6.45, 7) is 2.74. The van der Waals surface area contributed by atoms with Gasteiger partial charge in [-0.05, 0) is 42.7 Å². The van der Waals surface area contributed by atoms with E-state index >= 15 is 0 Å². The molecule has 106 valence electrons. The maximum absolute atomic E-state index is 12.8. The molecular formula is C16H16Cl2FN. The lowest BCUT2D eigenvalue weighted by molar-refractivity contribution is 0.544. The van der Waals surface area contributed by atoms with Crippen LogP contribution in [0.2, 0.25) is 10.0 Å². The van der Waals surface area contributed by atoms with Crippen LogP contribution >= 0.6 is 23.2 Å². The van der Waals surface area contributed by atoms with Crippen LogP contribution in [0.15, 0.2) is 42.5 Å². The predicted molar refractivity (Wildman–Crippen MR) is 82.9 cm³/mol. The van der Waals surface area contributed by atoms with Gasteiger partial charge in [0, 0.05) is 12.6 Å². The third-order valence-electron chi connectivity index (χ3n) is 3.13. The summed E-state index contributed by atoms with van der Waals surface area (Å²) in [4.78, 5) is 0. The van der Waals surface area contributed by atoms with Gasteiger partial charge in [-0.15, -0.1) is 0 Å². The molecule has 0 aliphatic heterocycles. The topological polar surface area (TPSA) is 12.0 Å². The minimum Gasteiger partial charge on any atom is -0.310 e. The Kier molecular flexibility index (Phi) is 5.41. The Labute approximate surface area is 128 Å². The van der Waals surface area contributed by atoms with Crippen LogP contribution in [0.25, 0.3) is 0 Å². The highest BCUT2D eigenvalue weighted by Gasteiger charge is 2.07. The van der Waals surface area contributed by atoms with Gasteiger partial charge in [0.1, 0.15) is 5.82 Å². The summed E-state index contributed by atoms with van der Waals surface area (Å²) >= 11 is 12.1. The van der Waals surface area contributed by atoms with Crippen molar-refractivity contribution in [2.75, 3.05) is 0 Å². The van der Waals surface area contributed by atoms with Crippen molar-refractivity contribution in [3.05, 3.63) is 69.5 Å². The summed E-state index contributed by atoms with van der Waals surface area (Å²) in [7, 11) is 0. The largest absolute Gasteiger partial charge is 0.310 e. The average Bonchev–Trinajstić information content (AvgIpc) is 2.43. The van der Waals surface area contributed by atoms with Crippen LogP contribution in [0.3, 0.4) is 0 Å². The van der Waals surface area contributed by atoms with E-state index < -0.39 is 0 Å². The summed E-state index contributed by atoms with van der Waals surface area (Å²) < 4.78 is 12.8. The molecule has 0 saturated heterocycles. The van der Waals surface area contributed by atoms with Crippen LogP contribution in [0.1, 0.15) is 18.1 Å². The quantitative estimate of drug-likeness (QED) is 0.832. The van der Waals surface area contributed by atoms with E-state index in [2.05, 4.69) is 12.2 Å². The zero-order valence-electron chi connectivity index (χ0n) is 11.2. The van der Waals surface area contributed by atoms with Crippen molar-refractivity contribution in [2.45, 2.75) is 25.9 Å². The van der Waals surface area contributed by atoms with Gasteiger partial charge >= 0.3 is 0 Å². The minimum atomic E-state index is -0.208. The zero-order valence-corrected chi connectivity index (χ0v) is 12.7. The van der Waals surface area contributed by atoms with Crippen molar-refractivity contribution in [1.82, 2.24) is 5.32 Å². The molecule has 20 heavy (non-hydrogen) atoms. The Morgan fingerprint density at radius 2 is 1.80 bits per heavy atom. The van der Waals surface area contributed by atoms with Crippen molar-refractivity contribution in [1.29, 1.82) is 0 Å². The van der Waals surface area contributed by atoms with Crippen LogP contribution in [-0.4, -0.2) is 6.04 Å². The molecule has 0 radical (unpaired) electrons. The van der Waals surface area contributed by atoms with Gasteiger partial charge in [0.15, 0.2) is 0 Å². The SMILES string of the molecule is CC(Cc1ccc(F)cc1)NCc1cccc(Cl)c1Cl. The smallest absolute Gasteiger partial charge is 0.123 e. The average molecular weight is 312 g/mol. The van der Waals surface area contributed by atoms with E-state index in [1.165, 1.54) is 12.1 Å². The van der Waals surface area contributed by atoms with Gasteiger partial charge in [0.25, 0.3) is 0 Å². The fraction of sp³-hybridized carbons (Fsp3) is 0.250. The summed E-state index contributed by atoms with van der Waals surface area (Å²) in [5, 5.41) is 4.55. The molecule has 1 unspecified atom stereocenters. The number of hydrogen-bond donors (Lipinski definition) is 1. The van der Waals surface area contributed by atoms with Crippen molar-refractivity contribution < 1.29 is 4.39 Å². The Hall–Kier alpha value is -1.09. The Morgan fingerprint density at radius 1 is 1.10 bits per heavy atom. The lowest BCUT2D eigenvalue weighted by Gasteiger charge is -2.15. The number of benzene rings is 2. The second-order valence-electron chi connectivity index (χ2n) is 4.83. The monoisotopic (exact) mass is 311 g/mol. The van der Waals surface area contributed by atoms with E-state index in [0.717, 1.165) is 17.5 Å². The maximum atomic E-state index is 12.8. The van der Waals surface area contributed by atoms with Gasteiger partial charge in [-0.25, -0.2) is 4.39 Å². The minimum absolute atomic E-state index is 0.208. The maximum Gasteiger partial charge on any atom is 0.123 e. The fourth-order valence-electron chi connectivity index (χ4n) is 2.02. The summed E-state index contributed by atoms with van der Waals surface area (Å²) in [5.74, 6) is -0.208. The number of halogens is 3. The van der Waals surface area contributed by atoms with Crippen LogP contribution in [0.5, 0.6) is 0 Å². The number of hydrogen-bond acceptors (Lipinski definition) is 1. The predicted octanol–water partition coefficient (Wildman–Crippen LogP) is 4.85. The normalized spacial score (nSPS) is 12.4. The Bertz CT molecular complexity index is 569. The van der Waals surface area contributed by atoms with Crippen molar-refractivity contribution >= 4 is 23.2 Å². The van der Waals surface area contributed by atoms with Crippen LogP contribution in [-0.2, 0) is 13.0 Å². The lowest BCUT2D eigenvalue weighted by atomic mass is 10.1. The highest BCUT2D eigenvalue weighted by molar-refractivity contribution is 6.42. The van der Waals surface area contributed by atoms with Gasteiger partial charge < -0.3 is 5.32 Å². The molecular weight excluding hydrogens is 296 g/mol. The fourth-order valence-corrected chi connectivity index (χ4v) is 2.40. The van der Waals surface area contributed by atoms with E-state index in [1.807, 2.05) is 12.1 Å². The van der Waals surface area contributed by atoms with E-state index in [1.54, 1.807) is 18.2 Å². The molecule has 4 heteroatoms. The molecule has 2 rings (SSSR count). The van der Waals surface area contributed by atoms with Crippen LogP contribution < -0.4 is 5.32 Å². The van der Waals surface area contributed by atoms with Crippen molar-refractivity contribution in [3.63, 3.8) is 0 Å². The third kappa shape index (κ3) is 4.20. The van der Waals surface area contributed by atoms with Gasteiger partial charge in [0.05, 0.1) is 10.0 Å². The molecule has 0 heterocycles. The molecule has 0 aliphatic carbocycles. The second-order valence-corrected chi connectivity index (χ2v) is 5.61. The first kappa shape index (κ1) is 15.3. The summed E-state index contributed by atoms with van der Waals surface area (Å²) in [5.41, 5.74) is 2.08. The molecule has 0 aromatic heterocycles. The van der Waals surface area contributed by atoms with E-state index in [-0.39, 0.29) is 11.9 Å². The molecule has 1 atom stereocenters. The van der Waals surface area contributed by atoms with Crippen LogP contribution in [0, 0.1) is 5.82 Å². The van der Waals surface area contributed by atoms with Gasteiger partial charge in [-0.3, -0.25) is 0 Å². The van der Waals surface area contributed by atoms with E-state index in [0.29, 0.717) is 16.6 Å². The lowest BCUT2D eigenvalue weighted by Crippen LogP contribution is -2.27. The standard InChI is InChI=1S/C16H16Cl2FN/c1-11(9-12-5-7-14(19)8-6-12)20-10-13-3-2-4-15(17)16(13)18/h2-8,11,20H,9-10H2,1H3. The molecule has 0 aliphatic rings. The molecule has 1 nitrogen and oxygen atoms in total. The molecule has 2 aromatic rings. The first-order valence-corrected chi connectivity index (χ1v) is 7.22. The van der Waals surface area contributed by atoms with Gasteiger partial charge in [0.2, 0.25) is 0 Å². The highest BCUT2D eigenvalue weighted by Crippen LogP contribution is 2.25. The molecule has 2 aromatic carbocycles. The number of nitrogens with one attached hydrogen (secondary N) is 1. The molecule has 1 N–H and O–H groups in total. The third-order valence-corrected chi connectivity index (χ3v) is 3.99. The first-order chi connectivity index (χ1) is 9.56. The highest BCUT2D eigenvalue weighted by atomic mass is 35.5. The molecule has 0 fully saturated rings. The summed E-state index contributed by atoms with van der Waals surface area (Å²) in [6, 6.07) is 12.4. The zero-order chi connectivity index (χ0) is 14.5. The Balaban J connectivity index is 1.90. The van der Waals surface area contributed by atoms with Gasteiger partial charge in [-0.2, -0.15) is 0 Å². The van der Waals surface area contributed by atoms with Gasteiger partial charge in [-0.1, -0.05) is 47.5 Å². The van der Waals surface area contributed by atoms with Crippen LogP contribution in [0.4, 0.5) is 4.39 Å². The van der Waals surface area contributed by atoms with E-state index in [4.69, 9.17) is 23.2 Å². The Morgan fingerprint density at radius 3 is 2.50 bits per heavy atom. The summed E-state index contributed by atoms with van der Waals surface area (Å²) in [6.07, 6.45) is 0.832. The molecule has 0 saturated carbocycles. The molecule has 0 spiro atoms. The van der Waals surface area contributed by atoms with Crippen molar-refractivity contribution in [3.8, 4) is 0 Å².